The second-order valence-electron chi connectivity index (χ2n) is 9.76. The van der Waals surface area contributed by atoms with Crippen LogP contribution in [0.1, 0.15) is 60.3 Å². The summed E-state index contributed by atoms with van der Waals surface area (Å²) < 4.78 is 12.0. The third-order valence-electron chi connectivity index (χ3n) is 6.99. The molecule has 0 bridgehead atoms. The molecule has 5 heteroatoms. The maximum atomic E-state index is 6.66. The van der Waals surface area contributed by atoms with Crippen molar-refractivity contribution in [1.82, 2.24) is 5.01 Å². The van der Waals surface area contributed by atoms with Crippen molar-refractivity contribution in [1.29, 1.82) is 0 Å². The second kappa shape index (κ2) is 8.05. The molecule has 0 amide bonds. The van der Waals surface area contributed by atoms with Gasteiger partial charge in [-0.3, -0.25) is 5.01 Å². The van der Waals surface area contributed by atoms with E-state index in [1.54, 1.807) is 7.11 Å². The lowest BCUT2D eigenvalue weighted by molar-refractivity contribution is 0.118. The SMILES string of the molecule is COC[C@@H]1CCCN1/N=C/[C@@]1(C)C=C(O[Si](C)(C)C(C)(C)C(C)C)CC1. The summed E-state index contributed by atoms with van der Waals surface area (Å²) in [4.78, 5) is 0. The van der Waals surface area contributed by atoms with Crippen LogP contribution in [0.25, 0.3) is 0 Å². The zero-order chi connectivity index (χ0) is 19.6. The Morgan fingerprint density at radius 3 is 2.73 bits per heavy atom. The monoisotopic (exact) mass is 380 g/mol. The molecular weight excluding hydrogens is 340 g/mol. The van der Waals surface area contributed by atoms with E-state index in [1.165, 1.54) is 18.6 Å². The lowest BCUT2D eigenvalue weighted by atomic mass is 9.92. The fourth-order valence-corrected chi connectivity index (χ4v) is 6.25. The highest BCUT2D eigenvalue weighted by Crippen LogP contribution is 2.47. The number of hydrogen-bond donors (Lipinski definition) is 0. The molecule has 1 saturated heterocycles. The maximum Gasteiger partial charge on any atom is 0.250 e. The van der Waals surface area contributed by atoms with Gasteiger partial charge in [-0.1, -0.05) is 34.6 Å². The fraction of sp³-hybridized carbons (Fsp3) is 0.857. The van der Waals surface area contributed by atoms with E-state index in [-0.39, 0.29) is 10.5 Å². The molecule has 0 aromatic heterocycles. The van der Waals surface area contributed by atoms with Crippen LogP contribution in [-0.4, -0.2) is 45.8 Å². The molecular formula is C21H40N2O2Si. The predicted molar refractivity (Wildman–Crippen MR) is 113 cm³/mol. The molecule has 4 nitrogen and oxygen atoms in total. The molecule has 1 fully saturated rings. The first-order chi connectivity index (χ1) is 12.0. The van der Waals surface area contributed by atoms with Gasteiger partial charge in [-0.2, -0.15) is 5.10 Å². The highest BCUT2D eigenvalue weighted by Gasteiger charge is 2.46. The summed E-state index contributed by atoms with van der Waals surface area (Å²) in [5.41, 5.74) is 0.00198. The highest BCUT2D eigenvalue weighted by molar-refractivity contribution is 6.74. The summed E-state index contributed by atoms with van der Waals surface area (Å²) in [5, 5.41) is 7.27. The summed E-state index contributed by atoms with van der Waals surface area (Å²) in [6.45, 7) is 18.1. The van der Waals surface area contributed by atoms with E-state index in [0.29, 0.717) is 12.0 Å². The number of allylic oxidation sites excluding steroid dienone is 2. The topological polar surface area (TPSA) is 34.1 Å². The van der Waals surface area contributed by atoms with Crippen molar-refractivity contribution in [3.8, 4) is 0 Å². The van der Waals surface area contributed by atoms with Crippen LogP contribution in [0.3, 0.4) is 0 Å². The minimum atomic E-state index is -1.83. The lowest BCUT2D eigenvalue weighted by Crippen LogP contribution is -2.44. The minimum absolute atomic E-state index is 0.00198. The normalized spacial score (nSPS) is 27.7. The van der Waals surface area contributed by atoms with Crippen molar-refractivity contribution in [3.63, 3.8) is 0 Å². The number of hydrazone groups is 1. The first kappa shape index (κ1) is 21.5. The fourth-order valence-electron chi connectivity index (χ4n) is 3.78. The lowest BCUT2D eigenvalue weighted by Gasteiger charge is -2.42. The molecule has 0 saturated carbocycles. The Hall–Kier alpha value is -0.813. The Bertz CT molecular complexity index is 542. The van der Waals surface area contributed by atoms with Crippen LogP contribution in [0.15, 0.2) is 16.9 Å². The van der Waals surface area contributed by atoms with Gasteiger partial charge >= 0.3 is 0 Å². The van der Waals surface area contributed by atoms with E-state index in [4.69, 9.17) is 14.3 Å². The zero-order valence-electron chi connectivity index (χ0n) is 18.3. The molecule has 2 aliphatic rings. The number of nitrogens with zero attached hydrogens (tertiary/aromatic N) is 2. The first-order valence-corrected chi connectivity index (χ1v) is 13.1. The minimum Gasteiger partial charge on any atom is -0.547 e. The molecule has 0 aromatic rings. The van der Waals surface area contributed by atoms with E-state index in [0.717, 1.165) is 26.0 Å². The summed E-state index contributed by atoms with van der Waals surface area (Å²) in [5.74, 6) is 1.80. The van der Waals surface area contributed by atoms with Gasteiger partial charge in [-0.15, -0.1) is 0 Å². The Morgan fingerprint density at radius 1 is 1.42 bits per heavy atom. The number of methoxy groups -OCH3 is 1. The molecule has 150 valence electrons. The summed E-state index contributed by atoms with van der Waals surface area (Å²) in [6, 6.07) is 0.430. The number of ether oxygens (including phenoxy) is 1. The Balaban J connectivity index is 2.04. The van der Waals surface area contributed by atoms with Gasteiger partial charge in [0.25, 0.3) is 8.32 Å². The molecule has 2 atom stereocenters. The van der Waals surface area contributed by atoms with E-state index in [9.17, 15) is 0 Å². The average molecular weight is 381 g/mol. The smallest absolute Gasteiger partial charge is 0.250 e. The van der Waals surface area contributed by atoms with Crippen molar-refractivity contribution >= 4 is 14.5 Å². The van der Waals surface area contributed by atoms with Gasteiger partial charge in [0.15, 0.2) is 0 Å². The molecule has 0 unspecified atom stereocenters. The van der Waals surface area contributed by atoms with Gasteiger partial charge in [0, 0.05) is 31.7 Å². The molecule has 2 rings (SSSR count). The molecule has 26 heavy (non-hydrogen) atoms. The van der Waals surface area contributed by atoms with Crippen LogP contribution in [0.5, 0.6) is 0 Å². The third kappa shape index (κ3) is 4.72. The quantitative estimate of drug-likeness (QED) is 0.416. The van der Waals surface area contributed by atoms with Gasteiger partial charge in [-0.25, -0.2) is 0 Å². The van der Waals surface area contributed by atoms with Gasteiger partial charge in [0.05, 0.1) is 18.4 Å². The van der Waals surface area contributed by atoms with E-state index < -0.39 is 8.32 Å². The van der Waals surface area contributed by atoms with Gasteiger partial charge < -0.3 is 9.16 Å². The summed E-state index contributed by atoms with van der Waals surface area (Å²) in [6.07, 6.45) is 8.95. The standard InChI is InChI=1S/C21H40N2O2Si/c1-17(2)20(3,4)26(7,8)25-19-11-12-21(5,14-19)16-22-23-13-9-10-18(23)15-24-6/h14,16-18H,9-13,15H2,1-8H3/b22-16+/t18-,21+/m0/s1. The zero-order valence-corrected chi connectivity index (χ0v) is 19.3. The van der Waals surface area contributed by atoms with Crippen LogP contribution < -0.4 is 0 Å². The average Bonchev–Trinajstić information content (AvgIpc) is 3.12. The number of hydrogen-bond acceptors (Lipinski definition) is 4. The van der Waals surface area contributed by atoms with Crippen LogP contribution in [0, 0.1) is 11.3 Å². The predicted octanol–water partition coefficient (Wildman–Crippen LogP) is 5.42. The summed E-state index contributed by atoms with van der Waals surface area (Å²) in [7, 11) is -0.0586. The van der Waals surface area contributed by atoms with Crippen molar-refractivity contribution in [2.75, 3.05) is 20.3 Å². The van der Waals surface area contributed by atoms with Crippen molar-refractivity contribution in [2.24, 2.45) is 16.4 Å². The third-order valence-corrected chi connectivity index (χ3v) is 11.4. The van der Waals surface area contributed by atoms with E-state index in [1.807, 2.05) is 0 Å². The molecule has 0 aromatic carbocycles. The highest BCUT2D eigenvalue weighted by atomic mass is 28.4. The van der Waals surface area contributed by atoms with Crippen LogP contribution in [-0.2, 0) is 9.16 Å². The molecule has 1 heterocycles. The van der Waals surface area contributed by atoms with Crippen molar-refractivity contribution in [3.05, 3.63) is 11.8 Å². The first-order valence-electron chi connectivity index (χ1n) is 10.2. The van der Waals surface area contributed by atoms with E-state index in [2.05, 4.69) is 65.0 Å². The summed E-state index contributed by atoms with van der Waals surface area (Å²) >= 11 is 0. The van der Waals surface area contributed by atoms with Crippen molar-refractivity contribution in [2.45, 2.75) is 84.5 Å². The Kier molecular flexibility index (Phi) is 6.65. The number of rotatable bonds is 8. The maximum absolute atomic E-state index is 6.66. The van der Waals surface area contributed by atoms with Gasteiger partial charge in [-0.05, 0) is 49.4 Å². The van der Waals surface area contributed by atoms with Gasteiger partial charge in [0.2, 0.25) is 0 Å². The van der Waals surface area contributed by atoms with Crippen LogP contribution in [0.2, 0.25) is 18.1 Å². The second-order valence-corrected chi connectivity index (χ2v) is 14.3. The van der Waals surface area contributed by atoms with Crippen LogP contribution >= 0.6 is 0 Å². The largest absolute Gasteiger partial charge is 0.547 e. The molecule has 0 radical (unpaired) electrons. The molecule has 0 spiro atoms. The molecule has 1 aliphatic carbocycles. The Labute approximate surface area is 162 Å². The van der Waals surface area contributed by atoms with E-state index >= 15 is 0 Å². The van der Waals surface area contributed by atoms with Gasteiger partial charge in [0.1, 0.15) is 0 Å². The Morgan fingerprint density at radius 2 is 2.12 bits per heavy atom. The molecule has 0 N–H and O–H groups in total. The van der Waals surface area contributed by atoms with Crippen LogP contribution in [0.4, 0.5) is 0 Å². The molecule has 1 aliphatic heterocycles. The van der Waals surface area contributed by atoms with Crippen molar-refractivity contribution < 1.29 is 9.16 Å².